The van der Waals surface area contributed by atoms with Gasteiger partial charge < -0.3 is 9.84 Å². The Hall–Kier alpha value is -4.30. The second-order valence-electron chi connectivity index (χ2n) is 11.3. The Balaban J connectivity index is 1.95. The van der Waals surface area contributed by atoms with Gasteiger partial charge in [-0.05, 0) is 126 Å². The fourth-order valence-corrected chi connectivity index (χ4v) is 4.64. The number of rotatable bonds is 11. The van der Waals surface area contributed by atoms with Gasteiger partial charge in [-0.2, -0.15) is 0 Å². The van der Waals surface area contributed by atoms with E-state index >= 15 is 0 Å². The Morgan fingerprint density at radius 1 is 0.535 bits per heavy atom. The number of hydrogen-bond acceptors (Lipinski definition) is 2. The molecule has 0 atom stereocenters. The molecule has 0 spiro atoms. The van der Waals surface area contributed by atoms with E-state index in [0.29, 0.717) is 5.75 Å². The second-order valence-corrected chi connectivity index (χ2v) is 11.3. The van der Waals surface area contributed by atoms with Gasteiger partial charge in [-0.25, -0.2) is 0 Å². The molecule has 0 amide bonds. The van der Waals surface area contributed by atoms with Gasteiger partial charge in [0, 0.05) is 0 Å². The highest BCUT2D eigenvalue weighted by molar-refractivity contribution is 5.65. The molecule has 0 bridgehead atoms. The molecule has 1 N–H and O–H groups in total. The molecule has 2 nitrogen and oxygen atoms in total. The summed E-state index contributed by atoms with van der Waals surface area (Å²) in [7, 11) is 1.72. The molecule has 0 saturated heterocycles. The summed E-state index contributed by atoms with van der Waals surface area (Å²) in [4.78, 5) is 0. The predicted octanol–water partition coefficient (Wildman–Crippen LogP) is 11.4. The fourth-order valence-electron chi connectivity index (χ4n) is 4.64. The first-order valence-electron chi connectivity index (χ1n) is 14.9. The molecule has 0 saturated carbocycles. The lowest BCUT2D eigenvalue weighted by Gasteiger charge is -2.13. The number of phenols is 1. The number of methoxy groups -OCH3 is 1. The van der Waals surface area contributed by atoms with E-state index in [9.17, 15) is 5.11 Å². The average Bonchev–Trinajstić information content (AvgIpc) is 2.95. The minimum atomic E-state index is 0.360. The van der Waals surface area contributed by atoms with Crippen LogP contribution in [-0.4, -0.2) is 12.2 Å². The van der Waals surface area contributed by atoms with E-state index in [2.05, 4.69) is 147 Å². The van der Waals surface area contributed by atoms with E-state index in [1.807, 2.05) is 19.9 Å². The number of ether oxygens (including phenoxy) is 1. The summed E-state index contributed by atoms with van der Waals surface area (Å²) >= 11 is 0. The van der Waals surface area contributed by atoms with Gasteiger partial charge in [-0.3, -0.25) is 0 Å². The van der Waals surface area contributed by atoms with Crippen LogP contribution in [0.25, 0.3) is 12.2 Å². The first-order chi connectivity index (χ1) is 20.3. The summed E-state index contributed by atoms with van der Waals surface area (Å²) in [5.74, 6) is 1.30. The number of phenolic OH excluding ortho intramolecular Hbond substituents is 1. The molecular weight excluding hydrogens is 524 g/mol. The molecule has 0 aliphatic carbocycles. The summed E-state index contributed by atoms with van der Waals surface area (Å²) in [6.07, 6.45) is 29.6. The van der Waals surface area contributed by atoms with E-state index in [1.165, 1.54) is 44.5 Å². The molecule has 0 aliphatic heterocycles. The standard InChI is InChI=1S/C41H50O2/c1-28(18-14-20-30(3)22-24-38-32(5)26-40(42)36(9)34(38)7)16-12-13-17-29(2)19-15-21-31(4)23-25-39-33(6)27-41(43-11)37(10)35(39)8/h12-27,42H,1-11H3/b13-12+,18-14+,19-15+,24-22+,25-23+,28-16+,29-17+,30-20+,31-21+. The Morgan fingerprint density at radius 2 is 0.930 bits per heavy atom. The molecule has 2 aromatic carbocycles. The maximum absolute atomic E-state index is 10.0. The number of aryl methyl sites for hydroxylation is 2. The highest BCUT2D eigenvalue weighted by Crippen LogP contribution is 2.29. The quantitative estimate of drug-likeness (QED) is 0.270. The van der Waals surface area contributed by atoms with Crippen molar-refractivity contribution in [3.8, 4) is 11.5 Å². The Kier molecular flexibility index (Phi) is 13.8. The van der Waals surface area contributed by atoms with Gasteiger partial charge in [-0.15, -0.1) is 0 Å². The van der Waals surface area contributed by atoms with Crippen molar-refractivity contribution >= 4 is 12.2 Å². The molecule has 0 heterocycles. The molecule has 0 radical (unpaired) electrons. The lowest BCUT2D eigenvalue weighted by Crippen LogP contribution is -1.95. The minimum absolute atomic E-state index is 0.360. The monoisotopic (exact) mass is 574 g/mol. The highest BCUT2D eigenvalue weighted by Gasteiger charge is 2.08. The van der Waals surface area contributed by atoms with Crippen LogP contribution >= 0.6 is 0 Å². The summed E-state index contributed by atoms with van der Waals surface area (Å²) in [5, 5.41) is 10.0. The molecule has 0 aliphatic rings. The molecule has 226 valence electrons. The van der Waals surface area contributed by atoms with Gasteiger partial charge in [0.15, 0.2) is 0 Å². The van der Waals surface area contributed by atoms with Gasteiger partial charge in [-0.1, -0.05) is 107 Å². The first kappa shape index (κ1) is 34.9. The maximum atomic E-state index is 10.0. The summed E-state index contributed by atoms with van der Waals surface area (Å²) in [5.41, 5.74) is 13.9. The van der Waals surface area contributed by atoms with Crippen molar-refractivity contribution in [2.24, 2.45) is 0 Å². The van der Waals surface area contributed by atoms with Gasteiger partial charge in [0.25, 0.3) is 0 Å². The third-order valence-corrected chi connectivity index (χ3v) is 7.75. The third kappa shape index (κ3) is 10.8. The topological polar surface area (TPSA) is 29.5 Å². The van der Waals surface area contributed by atoms with E-state index in [4.69, 9.17) is 4.74 Å². The molecule has 0 fully saturated rings. The zero-order chi connectivity index (χ0) is 32.1. The number of benzene rings is 2. The Bertz CT molecular complexity index is 1570. The molecule has 2 rings (SSSR count). The van der Waals surface area contributed by atoms with Crippen LogP contribution in [0.3, 0.4) is 0 Å². The SMILES string of the molecule is COc1cc(C)c(/C=C/C(C)=C/C=C/C(C)=C/C=C/C=C(C)/C=C/C=C(C)/C=C/c2c(C)cc(O)c(C)c2C)c(C)c1C. The van der Waals surface area contributed by atoms with Crippen LogP contribution in [0.1, 0.15) is 72.2 Å². The van der Waals surface area contributed by atoms with Crippen molar-refractivity contribution in [3.05, 3.63) is 152 Å². The largest absolute Gasteiger partial charge is 0.508 e. The average molecular weight is 575 g/mol. The van der Waals surface area contributed by atoms with E-state index in [-0.39, 0.29) is 0 Å². The number of hydrogen-bond donors (Lipinski definition) is 1. The van der Waals surface area contributed by atoms with Crippen LogP contribution in [0.5, 0.6) is 11.5 Å². The summed E-state index contributed by atoms with van der Waals surface area (Å²) in [6, 6.07) is 3.94. The summed E-state index contributed by atoms with van der Waals surface area (Å²) < 4.78 is 5.49. The molecule has 2 aromatic rings. The Morgan fingerprint density at radius 3 is 1.40 bits per heavy atom. The zero-order valence-electron chi connectivity index (χ0n) is 28.1. The van der Waals surface area contributed by atoms with Crippen LogP contribution in [0.4, 0.5) is 0 Å². The maximum Gasteiger partial charge on any atom is 0.122 e. The number of aromatic hydroxyl groups is 1. The van der Waals surface area contributed by atoms with Crippen LogP contribution < -0.4 is 4.74 Å². The third-order valence-electron chi connectivity index (χ3n) is 7.75. The van der Waals surface area contributed by atoms with Gasteiger partial charge in [0.2, 0.25) is 0 Å². The predicted molar refractivity (Wildman–Crippen MR) is 190 cm³/mol. The highest BCUT2D eigenvalue weighted by atomic mass is 16.5. The molecule has 43 heavy (non-hydrogen) atoms. The van der Waals surface area contributed by atoms with Crippen molar-refractivity contribution in [2.75, 3.05) is 7.11 Å². The van der Waals surface area contributed by atoms with Gasteiger partial charge in [0.1, 0.15) is 11.5 Å². The first-order valence-corrected chi connectivity index (χ1v) is 14.9. The lowest BCUT2D eigenvalue weighted by atomic mass is 9.96. The van der Waals surface area contributed by atoms with Crippen molar-refractivity contribution in [3.63, 3.8) is 0 Å². The lowest BCUT2D eigenvalue weighted by molar-refractivity contribution is 0.411. The van der Waals surface area contributed by atoms with Crippen molar-refractivity contribution < 1.29 is 9.84 Å². The van der Waals surface area contributed by atoms with Gasteiger partial charge >= 0.3 is 0 Å². The minimum Gasteiger partial charge on any atom is -0.508 e. The van der Waals surface area contributed by atoms with Gasteiger partial charge in [0.05, 0.1) is 7.11 Å². The van der Waals surface area contributed by atoms with Crippen molar-refractivity contribution in [1.29, 1.82) is 0 Å². The zero-order valence-corrected chi connectivity index (χ0v) is 28.1. The van der Waals surface area contributed by atoms with E-state index < -0.39 is 0 Å². The molecule has 0 unspecified atom stereocenters. The van der Waals surface area contributed by atoms with Crippen LogP contribution in [0, 0.1) is 41.5 Å². The van der Waals surface area contributed by atoms with Crippen molar-refractivity contribution in [1.82, 2.24) is 0 Å². The van der Waals surface area contributed by atoms with Crippen LogP contribution in [-0.2, 0) is 0 Å². The smallest absolute Gasteiger partial charge is 0.122 e. The second kappa shape index (κ2) is 17.0. The normalized spacial score (nSPS) is 14.1. The number of allylic oxidation sites excluding steroid dienone is 16. The van der Waals surface area contributed by atoms with E-state index in [1.54, 1.807) is 7.11 Å². The van der Waals surface area contributed by atoms with Crippen LogP contribution in [0.2, 0.25) is 0 Å². The summed E-state index contributed by atoms with van der Waals surface area (Å²) in [6.45, 7) is 20.8. The van der Waals surface area contributed by atoms with Crippen LogP contribution in [0.15, 0.2) is 107 Å². The molecular formula is C41H50O2. The van der Waals surface area contributed by atoms with E-state index in [0.717, 1.165) is 28.0 Å². The molecule has 2 heteroatoms. The molecule has 0 aromatic heterocycles. The fraction of sp³-hybridized carbons (Fsp3) is 0.268. The Labute approximate surface area is 261 Å². The van der Waals surface area contributed by atoms with Crippen molar-refractivity contribution in [2.45, 2.75) is 69.2 Å².